The van der Waals surface area contributed by atoms with Crippen LogP contribution in [0.2, 0.25) is 0 Å². The smallest absolute Gasteiger partial charge is 0.303 e. The fourth-order valence-electron chi connectivity index (χ4n) is 3.83. The predicted molar refractivity (Wildman–Crippen MR) is 109 cm³/mol. The summed E-state index contributed by atoms with van der Waals surface area (Å²) in [6.45, 7) is 0.335. The molecule has 1 aromatic carbocycles. The number of ether oxygens (including phenoxy) is 2. The Hall–Kier alpha value is -2.48. The number of fused-ring (bicyclic) bond motifs is 1. The number of allylic oxidation sites excluding steroid dienone is 3. The van der Waals surface area contributed by atoms with Gasteiger partial charge in [0, 0.05) is 30.2 Å². The van der Waals surface area contributed by atoms with E-state index < -0.39 is 30.4 Å². The lowest BCUT2D eigenvalue weighted by Gasteiger charge is -2.28. The topological polar surface area (TPSA) is 113 Å². The van der Waals surface area contributed by atoms with Crippen molar-refractivity contribution < 1.29 is 34.4 Å². The Morgan fingerprint density at radius 3 is 2.87 bits per heavy atom. The van der Waals surface area contributed by atoms with Crippen LogP contribution < -0.4 is 4.74 Å². The molecule has 1 saturated carbocycles. The average Bonchev–Trinajstić information content (AvgIpc) is 3.00. The monoisotopic (exact) mass is 416 g/mol. The van der Waals surface area contributed by atoms with E-state index >= 15 is 0 Å². The predicted octanol–water partition coefficient (Wildman–Crippen LogP) is 2.61. The molecule has 1 aromatic rings. The molecule has 30 heavy (non-hydrogen) atoms. The van der Waals surface area contributed by atoms with E-state index in [-0.39, 0.29) is 24.5 Å². The number of carboxylic acid groups (broad SMARTS) is 1. The maximum absolute atomic E-state index is 12.3. The number of hydrogen-bond acceptors (Lipinski definition) is 6. The molecule has 1 aliphatic heterocycles. The lowest BCUT2D eigenvalue weighted by atomic mass is 9.90. The van der Waals surface area contributed by atoms with Gasteiger partial charge in [-0.15, -0.1) is 0 Å². The van der Waals surface area contributed by atoms with Crippen LogP contribution in [-0.2, 0) is 20.9 Å². The van der Waals surface area contributed by atoms with Crippen LogP contribution in [0, 0.1) is 11.8 Å². The summed E-state index contributed by atoms with van der Waals surface area (Å²) < 4.78 is 11.3. The number of carbonyl (C=O) groups excluding carboxylic acids is 1. The minimum Gasteiger partial charge on any atom is -0.481 e. The number of ketones is 1. The molecule has 0 radical (unpaired) electrons. The third kappa shape index (κ3) is 5.78. The van der Waals surface area contributed by atoms with Crippen molar-refractivity contribution in [3.63, 3.8) is 0 Å². The fourth-order valence-corrected chi connectivity index (χ4v) is 3.83. The van der Waals surface area contributed by atoms with E-state index in [0.717, 1.165) is 5.56 Å². The summed E-state index contributed by atoms with van der Waals surface area (Å²) in [4.78, 5) is 22.8. The molecule has 1 fully saturated rings. The number of hydrogen-bond donors (Lipinski definition) is 3. The van der Waals surface area contributed by atoms with Gasteiger partial charge >= 0.3 is 5.97 Å². The van der Waals surface area contributed by atoms with Crippen molar-refractivity contribution >= 4 is 11.8 Å². The van der Waals surface area contributed by atoms with Crippen LogP contribution in [0.5, 0.6) is 5.75 Å². The van der Waals surface area contributed by atoms with Gasteiger partial charge in [0.1, 0.15) is 17.6 Å². The minimum atomic E-state index is -1.05. The van der Waals surface area contributed by atoms with E-state index in [0.29, 0.717) is 31.6 Å². The highest BCUT2D eigenvalue weighted by atomic mass is 16.7. The van der Waals surface area contributed by atoms with E-state index in [2.05, 4.69) is 0 Å². The summed E-state index contributed by atoms with van der Waals surface area (Å²) >= 11 is 0. The van der Waals surface area contributed by atoms with Gasteiger partial charge in [-0.2, -0.15) is 0 Å². The quantitative estimate of drug-likeness (QED) is 0.419. The normalized spacial score (nSPS) is 27.3. The lowest BCUT2D eigenvalue weighted by Crippen LogP contribution is -2.36. The number of unbranched alkanes of at least 4 members (excludes halogenated alkanes) is 1. The summed E-state index contributed by atoms with van der Waals surface area (Å²) in [5.41, 5.74) is 0.911. The first kappa shape index (κ1) is 22.2. The van der Waals surface area contributed by atoms with E-state index in [1.807, 2.05) is 36.4 Å². The zero-order valence-electron chi connectivity index (χ0n) is 16.7. The summed E-state index contributed by atoms with van der Waals surface area (Å²) in [7, 11) is 0. The Morgan fingerprint density at radius 2 is 2.07 bits per heavy atom. The second kappa shape index (κ2) is 10.5. The number of carboxylic acids is 1. The zero-order chi connectivity index (χ0) is 21.5. The van der Waals surface area contributed by atoms with Crippen LogP contribution in [0.15, 0.2) is 48.6 Å². The Balaban J connectivity index is 1.55. The first-order chi connectivity index (χ1) is 14.5. The van der Waals surface area contributed by atoms with Gasteiger partial charge in [-0.3, -0.25) is 9.59 Å². The van der Waals surface area contributed by atoms with Gasteiger partial charge in [-0.25, -0.2) is 0 Å². The molecule has 0 spiro atoms. The standard InChI is InChI=1S/C23H28O7/c24-18(23-29-14-15-7-5-6-9-21(15)30-23)12-11-17-16(19(25)13-20(17)26)8-3-1-2-4-10-22(27)28/h1,3,5-7,9,11-12,16-19,23-25H,2,4,8,10,13-14H2,(H,27,28)/b3-1-,12-11+/t16-,17-,18+,19+,23?/m1/s1. The highest BCUT2D eigenvalue weighted by Crippen LogP contribution is 2.34. The highest BCUT2D eigenvalue weighted by Gasteiger charge is 2.39. The van der Waals surface area contributed by atoms with Gasteiger partial charge in [-0.05, 0) is 25.3 Å². The molecule has 1 unspecified atom stereocenters. The van der Waals surface area contributed by atoms with E-state index in [1.54, 1.807) is 6.08 Å². The summed E-state index contributed by atoms with van der Waals surface area (Å²) in [6, 6.07) is 7.45. The molecular formula is C23H28O7. The molecule has 3 rings (SSSR count). The number of rotatable bonds is 9. The van der Waals surface area contributed by atoms with Crippen molar-refractivity contribution in [2.75, 3.05) is 0 Å². The molecule has 162 valence electrons. The molecule has 1 aliphatic carbocycles. The Kier molecular flexibility index (Phi) is 7.79. The second-order valence-corrected chi connectivity index (χ2v) is 7.70. The van der Waals surface area contributed by atoms with Crippen LogP contribution >= 0.6 is 0 Å². The van der Waals surface area contributed by atoms with Gasteiger partial charge in [0.05, 0.1) is 12.7 Å². The number of benzene rings is 1. The van der Waals surface area contributed by atoms with Gasteiger partial charge in [-0.1, -0.05) is 42.5 Å². The zero-order valence-corrected chi connectivity index (χ0v) is 16.7. The van der Waals surface area contributed by atoms with Crippen LogP contribution in [0.4, 0.5) is 0 Å². The number of aliphatic hydroxyl groups excluding tert-OH is 2. The van der Waals surface area contributed by atoms with Crippen molar-refractivity contribution in [1.82, 2.24) is 0 Å². The van der Waals surface area contributed by atoms with Gasteiger partial charge in [0.2, 0.25) is 6.29 Å². The molecule has 2 aliphatic rings. The molecule has 5 atom stereocenters. The van der Waals surface area contributed by atoms with Crippen LogP contribution in [0.3, 0.4) is 0 Å². The van der Waals surface area contributed by atoms with Crippen LogP contribution in [-0.4, -0.2) is 45.6 Å². The van der Waals surface area contributed by atoms with Crippen LogP contribution in [0.1, 0.15) is 37.7 Å². The Labute approximate surface area is 175 Å². The van der Waals surface area contributed by atoms with Crippen molar-refractivity contribution in [3.8, 4) is 5.75 Å². The lowest BCUT2D eigenvalue weighted by molar-refractivity contribution is -0.152. The molecule has 0 amide bonds. The van der Waals surface area contributed by atoms with E-state index in [1.165, 1.54) is 6.08 Å². The average molecular weight is 416 g/mol. The largest absolute Gasteiger partial charge is 0.481 e. The second-order valence-electron chi connectivity index (χ2n) is 7.70. The third-order valence-electron chi connectivity index (χ3n) is 5.49. The maximum Gasteiger partial charge on any atom is 0.303 e. The fraction of sp³-hybridized carbons (Fsp3) is 0.478. The molecule has 0 bridgehead atoms. The van der Waals surface area contributed by atoms with Crippen LogP contribution in [0.25, 0.3) is 0 Å². The first-order valence-corrected chi connectivity index (χ1v) is 10.3. The molecule has 0 saturated heterocycles. The molecule has 0 aromatic heterocycles. The Morgan fingerprint density at radius 1 is 1.27 bits per heavy atom. The molecule has 7 heteroatoms. The van der Waals surface area contributed by atoms with Gasteiger partial charge in [0.25, 0.3) is 0 Å². The molecular weight excluding hydrogens is 388 g/mol. The van der Waals surface area contributed by atoms with Crippen molar-refractivity contribution in [1.29, 1.82) is 0 Å². The SMILES string of the molecule is O=C(O)CCC/C=C\C[C@H]1[C@@H](O)CC(=O)[C@@H]1/C=C/[C@H](O)C1OCc2ccccc2O1. The van der Waals surface area contributed by atoms with Gasteiger partial charge in [0.15, 0.2) is 0 Å². The van der Waals surface area contributed by atoms with Gasteiger partial charge < -0.3 is 24.8 Å². The Bertz CT molecular complexity index is 800. The number of aliphatic hydroxyl groups is 2. The number of Topliss-reactive ketones (excluding diaryl/α,β-unsaturated/α-hetero) is 1. The summed E-state index contributed by atoms with van der Waals surface area (Å²) in [5.74, 6) is -0.983. The van der Waals surface area contributed by atoms with E-state index in [4.69, 9.17) is 14.6 Å². The number of carbonyl (C=O) groups is 2. The number of para-hydroxylation sites is 1. The van der Waals surface area contributed by atoms with Crippen molar-refractivity contribution in [2.24, 2.45) is 11.8 Å². The van der Waals surface area contributed by atoms with Crippen molar-refractivity contribution in [2.45, 2.75) is 57.2 Å². The van der Waals surface area contributed by atoms with E-state index in [9.17, 15) is 19.8 Å². The first-order valence-electron chi connectivity index (χ1n) is 10.3. The summed E-state index contributed by atoms with van der Waals surface area (Å²) in [5, 5.41) is 29.3. The molecule has 3 N–H and O–H groups in total. The third-order valence-corrected chi connectivity index (χ3v) is 5.49. The maximum atomic E-state index is 12.3. The molecule has 7 nitrogen and oxygen atoms in total. The minimum absolute atomic E-state index is 0.0638. The highest BCUT2D eigenvalue weighted by molar-refractivity contribution is 5.86. The number of aliphatic carboxylic acids is 1. The summed E-state index contributed by atoms with van der Waals surface area (Å²) in [6.07, 6.45) is 6.18. The molecule has 1 heterocycles. The van der Waals surface area contributed by atoms with Crippen molar-refractivity contribution in [3.05, 3.63) is 54.1 Å².